The molecule has 1 rings (SSSR count). The lowest BCUT2D eigenvalue weighted by Gasteiger charge is -2.07. The van der Waals surface area contributed by atoms with Gasteiger partial charge in [0.05, 0.1) is 23.3 Å². The molecule has 7 nitrogen and oxygen atoms in total. The summed E-state index contributed by atoms with van der Waals surface area (Å²) in [5, 5.41) is 7.15. The van der Waals surface area contributed by atoms with Crippen molar-refractivity contribution in [1.82, 2.24) is 14.5 Å². The van der Waals surface area contributed by atoms with Gasteiger partial charge in [-0.1, -0.05) is 6.92 Å². The summed E-state index contributed by atoms with van der Waals surface area (Å²) in [6.45, 7) is 6.69. The van der Waals surface area contributed by atoms with Gasteiger partial charge in [-0.15, -0.1) is 0 Å². The minimum atomic E-state index is -3.26. The summed E-state index contributed by atoms with van der Waals surface area (Å²) >= 11 is 0. The summed E-state index contributed by atoms with van der Waals surface area (Å²) in [7, 11) is -3.26. The summed E-state index contributed by atoms with van der Waals surface area (Å²) in [6.07, 6.45) is 2.12. The second-order valence-corrected chi connectivity index (χ2v) is 6.57. The number of sulfonamides is 1. The maximum Gasteiger partial charge on any atom is 0.225 e. The van der Waals surface area contributed by atoms with Gasteiger partial charge < -0.3 is 5.32 Å². The van der Waals surface area contributed by atoms with Crippen LogP contribution in [0.25, 0.3) is 0 Å². The Morgan fingerprint density at radius 1 is 1.35 bits per heavy atom. The van der Waals surface area contributed by atoms with Crippen LogP contribution in [0.4, 0.5) is 5.69 Å². The molecule has 0 radical (unpaired) electrons. The third-order valence-electron chi connectivity index (χ3n) is 2.80. The second kappa shape index (κ2) is 6.85. The van der Waals surface area contributed by atoms with Crippen LogP contribution in [0.2, 0.25) is 0 Å². The van der Waals surface area contributed by atoms with Crippen molar-refractivity contribution < 1.29 is 13.2 Å². The Kier molecular flexibility index (Phi) is 5.70. The van der Waals surface area contributed by atoms with Crippen LogP contribution < -0.4 is 10.0 Å². The summed E-state index contributed by atoms with van der Waals surface area (Å²) in [4.78, 5) is 11.8. The van der Waals surface area contributed by atoms with Crippen molar-refractivity contribution in [2.45, 2.75) is 40.2 Å². The number of hydrogen-bond donors (Lipinski definition) is 2. The van der Waals surface area contributed by atoms with E-state index in [0.717, 1.165) is 30.6 Å². The first-order chi connectivity index (χ1) is 9.24. The molecule has 8 heteroatoms. The zero-order valence-electron chi connectivity index (χ0n) is 12.4. The number of aryl methyl sites for hydroxylation is 2. The first kappa shape index (κ1) is 16.6. The van der Waals surface area contributed by atoms with Crippen LogP contribution in [0.5, 0.6) is 0 Å². The number of carbonyl (C=O) groups is 1. The highest BCUT2D eigenvalue weighted by Gasteiger charge is 2.13. The molecule has 0 bridgehead atoms. The lowest BCUT2D eigenvalue weighted by molar-refractivity contribution is -0.116. The van der Waals surface area contributed by atoms with Crippen molar-refractivity contribution in [2.75, 3.05) is 18.1 Å². The monoisotopic (exact) mass is 302 g/mol. The van der Waals surface area contributed by atoms with Crippen LogP contribution in [0, 0.1) is 13.8 Å². The van der Waals surface area contributed by atoms with Gasteiger partial charge in [-0.3, -0.25) is 9.48 Å². The number of aromatic nitrogens is 2. The molecule has 0 atom stereocenters. The summed E-state index contributed by atoms with van der Waals surface area (Å²) in [5.74, 6) is -0.233. The lowest BCUT2D eigenvalue weighted by Crippen LogP contribution is -2.26. The van der Waals surface area contributed by atoms with E-state index in [1.165, 1.54) is 0 Å². The smallest absolute Gasteiger partial charge is 0.225 e. The Morgan fingerprint density at radius 2 is 2.00 bits per heavy atom. The van der Waals surface area contributed by atoms with Gasteiger partial charge in [0, 0.05) is 19.5 Å². The number of anilines is 1. The fraction of sp³-hybridized carbons (Fsp3) is 0.667. The molecule has 0 saturated heterocycles. The van der Waals surface area contributed by atoms with Crippen molar-refractivity contribution in [3.63, 3.8) is 0 Å². The normalized spacial score (nSPS) is 11.6. The van der Waals surface area contributed by atoms with E-state index in [4.69, 9.17) is 0 Å². The summed E-state index contributed by atoms with van der Waals surface area (Å²) < 4.78 is 25.9. The Labute approximate surface area is 119 Å². The topological polar surface area (TPSA) is 93.1 Å². The second-order valence-electron chi connectivity index (χ2n) is 4.73. The van der Waals surface area contributed by atoms with Gasteiger partial charge >= 0.3 is 0 Å². The number of carbonyl (C=O) groups excluding carboxylic acids is 1. The summed E-state index contributed by atoms with van der Waals surface area (Å²) in [6, 6.07) is 0. The van der Waals surface area contributed by atoms with Gasteiger partial charge in [-0.25, -0.2) is 13.1 Å². The Hall–Kier alpha value is -1.41. The van der Waals surface area contributed by atoms with Crippen molar-refractivity contribution in [2.24, 2.45) is 0 Å². The number of hydrogen-bond acceptors (Lipinski definition) is 4. The lowest BCUT2D eigenvalue weighted by atomic mass is 10.3. The van der Waals surface area contributed by atoms with Crippen molar-refractivity contribution >= 4 is 21.6 Å². The zero-order valence-corrected chi connectivity index (χ0v) is 13.2. The molecule has 0 aromatic carbocycles. The molecule has 114 valence electrons. The third kappa shape index (κ3) is 4.93. The molecule has 0 saturated carbocycles. The molecule has 2 N–H and O–H groups in total. The first-order valence-electron chi connectivity index (χ1n) is 6.53. The Bertz CT molecular complexity index is 578. The molecule has 20 heavy (non-hydrogen) atoms. The molecule has 0 aliphatic rings. The largest absolute Gasteiger partial charge is 0.323 e. The zero-order chi connectivity index (χ0) is 15.3. The van der Waals surface area contributed by atoms with Crippen LogP contribution in [-0.2, 0) is 21.4 Å². The molecule has 0 fully saturated rings. The van der Waals surface area contributed by atoms with E-state index < -0.39 is 10.0 Å². The van der Waals surface area contributed by atoms with Crippen LogP contribution in [0.15, 0.2) is 0 Å². The number of nitrogens with zero attached hydrogens (tertiary/aromatic N) is 2. The standard InChI is InChI=1S/C12H22N4O3S/c1-5-8-16-10(3)12(9(2)15-16)14-11(17)6-7-13-20(4,18)19/h13H,5-8H2,1-4H3,(H,14,17). The predicted molar refractivity (Wildman–Crippen MR) is 78.1 cm³/mol. The average Bonchev–Trinajstić information content (AvgIpc) is 2.56. The molecule has 0 aliphatic heterocycles. The maximum absolute atomic E-state index is 11.8. The molecule has 1 amide bonds. The molecule has 1 aromatic heterocycles. The van der Waals surface area contributed by atoms with E-state index in [0.29, 0.717) is 5.69 Å². The number of amides is 1. The SMILES string of the molecule is CCCn1nc(C)c(NC(=O)CCNS(C)(=O)=O)c1C. The van der Waals surface area contributed by atoms with Gasteiger partial charge in [0.1, 0.15) is 0 Å². The quantitative estimate of drug-likeness (QED) is 0.778. The average molecular weight is 302 g/mol. The van der Waals surface area contributed by atoms with Crippen LogP contribution in [0.1, 0.15) is 31.2 Å². The third-order valence-corrected chi connectivity index (χ3v) is 3.53. The fourth-order valence-corrected chi connectivity index (χ4v) is 2.33. The Morgan fingerprint density at radius 3 is 2.55 bits per heavy atom. The van der Waals surface area contributed by atoms with E-state index in [2.05, 4.69) is 22.1 Å². The van der Waals surface area contributed by atoms with Gasteiger partial charge in [0.25, 0.3) is 0 Å². The molecule has 0 unspecified atom stereocenters. The number of nitrogens with one attached hydrogen (secondary N) is 2. The van der Waals surface area contributed by atoms with Gasteiger partial charge in [-0.2, -0.15) is 5.10 Å². The minimum absolute atomic E-state index is 0.0882. The molecule has 0 spiro atoms. The molecule has 0 aliphatic carbocycles. The minimum Gasteiger partial charge on any atom is -0.323 e. The highest BCUT2D eigenvalue weighted by atomic mass is 32.2. The van der Waals surface area contributed by atoms with Gasteiger partial charge in [0.2, 0.25) is 15.9 Å². The highest BCUT2D eigenvalue weighted by Crippen LogP contribution is 2.19. The van der Waals surface area contributed by atoms with Crippen LogP contribution in [0.3, 0.4) is 0 Å². The van der Waals surface area contributed by atoms with E-state index in [1.54, 1.807) is 0 Å². The highest BCUT2D eigenvalue weighted by molar-refractivity contribution is 7.88. The fourth-order valence-electron chi connectivity index (χ4n) is 1.86. The van der Waals surface area contributed by atoms with Crippen molar-refractivity contribution in [3.8, 4) is 0 Å². The molecular weight excluding hydrogens is 280 g/mol. The first-order valence-corrected chi connectivity index (χ1v) is 8.42. The molecular formula is C12H22N4O3S. The van der Waals surface area contributed by atoms with E-state index in [-0.39, 0.29) is 18.9 Å². The maximum atomic E-state index is 11.8. The summed E-state index contributed by atoms with van der Waals surface area (Å²) in [5.41, 5.74) is 2.39. The van der Waals surface area contributed by atoms with Crippen molar-refractivity contribution in [1.29, 1.82) is 0 Å². The van der Waals surface area contributed by atoms with Gasteiger partial charge in [0.15, 0.2) is 0 Å². The van der Waals surface area contributed by atoms with E-state index in [1.807, 2.05) is 18.5 Å². The van der Waals surface area contributed by atoms with Crippen LogP contribution >= 0.6 is 0 Å². The molecule has 1 heterocycles. The predicted octanol–water partition coefficient (Wildman–Crippen LogP) is 0.788. The van der Waals surface area contributed by atoms with E-state index in [9.17, 15) is 13.2 Å². The Balaban J connectivity index is 2.62. The van der Waals surface area contributed by atoms with Crippen LogP contribution in [-0.4, -0.2) is 36.9 Å². The van der Waals surface area contributed by atoms with Gasteiger partial charge in [-0.05, 0) is 20.3 Å². The van der Waals surface area contributed by atoms with Crippen molar-refractivity contribution in [3.05, 3.63) is 11.4 Å². The number of rotatable bonds is 7. The molecule has 1 aromatic rings. The van der Waals surface area contributed by atoms with E-state index >= 15 is 0 Å².